The number of rotatable bonds is 7. The van der Waals surface area contributed by atoms with Crippen LogP contribution in [0.4, 0.5) is 10.5 Å². The third-order valence-electron chi connectivity index (χ3n) is 3.00. The van der Waals surface area contributed by atoms with Crippen LogP contribution in [0.5, 0.6) is 0 Å². The lowest BCUT2D eigenvalue weighted by molar-refractivity contribution is 0.149. The van der Waals surface area contributed by atoms with Crippen molar-refractivity contribution in [1.29, 1.82) is 0 Å². The van der Waals surface area contributed by atoms with Crippen molar-refractivity contribution in [2.24, 2.45) is 0 Å². The first-order chi connectivity index (χ1) is 10.5. The topological polar surface area (TPSA) is 95.6 Å². The fourth-order valence-corrected chi connectivity index (χ4v) is 1.80. The van der Waals surface area contributed by atoms with Crippen LogP contribution in [-0.4, -0.2) is 53.0 Å². The molecule has 22 heavy (non-hydrogen) atoms. The van der Waals surface area contributed by atoms with E-state index in [1.54, 1.807) is 29.2 Å². The summed E-state index contributed by atoms with van der Waals surface area (Å²) < 4.78 is 6.81. The van der Waals surface area contributed by atoms with Crippen LogP contribution in [0.3, 0.4) is 0 Å². The van der Waals surface area contributed by atoms with Gasteiger partial charge in [0, 0.05) is 12.7 Å². The summed E-state index contributed by atoms with van der Waals surface area (Å²) in [6.45, 7) is 1.67. The average Bonchev–Trinajstić information content (AvgIpc) is 3.14. The van der Waals surface area contributed by atoms with Gasteiger partial charge >= 0.3 is 6.03 Å². The molecule has 1 unspecified atom stereocenters. The Hall–Kier alpha value is -2.32. The number of nitrogens with one attached hydrogen (secondary N) is 2. The standard InChI is InChI=1S/C14H21N5O3/c1-18(2)5-6-19-10-11(8-16-19)17-14(21)15-9-12(20)13-4-3-7-22-13/h3-4,7-8,10,12,20H,5-6,9H2,1-2H3,(H2,15,17,21). The van der Waals surface area contributed by atoms with E-state index in [0.717, 1.165) is 13.1 Å². The molecule has 0 aliphatic rings. The summed E-state index contributed by atoms with van der Waals surface area (Å²) >= 11 is 0. The molecule has 0 spiro atoms. The lowest BCUT2D eigenvalue weighted by Gasteiger charge is -2.10. The summed E-state index contributed by atoms with van der Waals surface area (Å²) in [5.74, 6) is 0.414. The highest BCUT2D eigenvalue weighted by Gasteiger charge is 2.12. The van der Waals surface area contributed by atoms with E-state index in [0.29, 0.717) is 11.4 Å². The molecule has 2 aromatic heterocycles. The Morgan fingerprint density at radius 3 is 3.05 bits per heavy atom. The maximum atomic E-state index is 11.8. The van der Waals surface area contributed by atoms with Crippen LogP contribution >= 0.6 is 0 Å². The minimum absolute atomic E-state index is 0.0636. The fourth-order valence-electron chi connectivity index (χ4n) is 1.80. The molecule has 2 rings (SSSR count). The van der Waals surface area contributed by atoms with Crippen LogP contribution in [0, 0.1) is 0 Å². The molecule has 0 saturated carbocycles. The Labute approximate surface area is 128 Å². The van der Waals surface area contributed by atoms with Crippen molar-refractivity contribution in [2.45, 2.75) is 12.6 Å². The number of anilines is 1. The van der Waals surface area contributed by atoms with Crippen LogP contribution in [0.15, 0.2) is 35.2 Å². The molecule has 8 heteroatoms. The van der Waals surface area contributed by atoms with Gasteiger partial charge in [0.1, 0.15) is 11.9 Å². The van der Waals surface area contributed by atoms with Gasteiger partial charge in [-0.3, -0.25) is 4.68 Å². The number of carbonyl (C=O) groups is 1. The fraction of sp³-hybridized carbons (Fsp3) is 0.429. The molecule has 2 heterocycles. The van der Waals surface area contributed by atoms with Crippen LogP contribution in [0.1, 0.15) is 11.9 Å². The number of aliphatic hydroxyl groups is 1. The largest absolute Gasteiger partial charge is 0.467 e. The van der Waals surface area contributed by atoms with E-state index < -0.39 is 12.1 Å². The summed E-state index contributed by atoms with van der Waals surface area (Å²) in [5.41, 5.74) is 0.601. The molecule has 0 aliphatic carbocycles. The molecular formula is C14H21N5O3. The first kappa shape index (κ1) is 16.1. The molecule has 2 amide bonds. The van der Waals surface area contributed by atoms with Gasteiger partial charge in [0.25, 0.3) is 0 Å². The number of likely N-dealkylation sites (N-methyl/N-ethyl adjacent to an activating group) is 1. The second kappa shape index (κ2) is 7.62. The van der Waals surface area contributed by atoms with Crippen molar-refractivity contribution in [2.75, 3.05) is 32.5 Å². The summed E-state index contributed by atoms with van der Waals surface area (Å²) in [7, 11) is 3.97. The predicted molar refractivity (Wildman–Crippen MR) is 81.5 cm³/mol. The van der Waals surface area contributed by atoms with E-state index >= 15 is 0 Å². The van der Waals surface area contributed by atoms with Gasteiger partial charge in [-0.1, -0.05) is 0 Å². The van der Waals surface area contributed by atoms with Gasteiger partial charge in [-0.25, -0.2) is 4.79 Å². The summed E-state index contributed by atoms with van der Waals surface area (Å²) in [6, 6.07) is 2.93. The van der Waals surface area contributed by atoms with Gasteiger partial charge in [0.15, 0.2) is 0 Å². The van der Waals surface area contributed by atoms with Crippen LogP contribution < -0.4 is 10.6 Å². The van der Waals surface area contributed by atoms with E-state index in [-0.39, 0.29) is 6.54 Å². The molecule has 0 bridgehead atoms. The number of aromatic nitrogens is 2. The Morgan fingerprint density at radius 1 is 1.55 bits per heavy atom. The highest BCUT2D eigenvalue weighted by atomic mass is 16.4. The van der Waals surface area contributed by atoms with Crippen molar-refractivity contribution in [1.82, 2.24) is 20.0 Å². The Bertz CT molecular complexity index is 579. The van der Waals surface area contributed by atoms with E-state index in [4.69, 9.17) is 4.42 Å². The van der Waals surface area contributed by atoms with Crippen LogP contribution in [0.25, 0.3) is 0 Å². The number of hydrogen-bond acceptors (Lipinski definition) is 5. The van der Waals surface area contributed by atoms with Crippen molar-refractivity contribution >= 4 is 11.7 Å². The van der Waals surface area contributed by atoms with Gasteiger partial charge in [0.2, 0.25) is 0 Å². The average molecular weight is 307 g/mol. The van der Waals surface area contributed by atoms with Crippen LogP contribution in [0.2, 0.25) is 0 Å². The summed E-state index contributed by atoms with van der Waals surface area (Å²) in [6.07, 6.45) is 3.94. The first-order valence-electron chi connectivity index (χ1n) is 6.98. The molecule has 2 aromatic rings. The maximum absolute atomic E-state index is 11.8. The van der Waals surface area contributed by atoms with Crippen molar-refractivity contribution in [3.8, 4) is 0 Å². The van der Waals surface area contributed by atoms with Gasteiger partial charge in [-0.05, 0) is 26.2 Å². The summed E-state index contributed by atoms with van der Waals surface area (Å²) in [4.78, 5) is 13.8. The number of carbonyl (C=O) groups excluding carboxylic acids is 1. The van der Waals surface area contributed by atoms with Gasteiger partial charge < -0.3 is 25.1 Å². The number of aliphatic hydroxyl groups excluding tert-OH is 1. The number of amides is 2. The molecule has 0 aliphatic heterocycles. The predicted octanol–water partition coefficient (Wildman–Crippen LogP) is 0.893. The molecule has 0 aromatic carbocycles. The second-order valence-corrected chi connectivity index (χ2v) is 5.16. The lowest BCUT2D eigenvalue weighted by Crippen LogP contribution is -2.32. The molecule has 3 N–H and O–H groups in total. The van der Waals surface area contributed by atoms with Gasteiger partial charge in [-0.15, -0.1) is 0 Å². The SMILES string of the molecule is CN(C)CCn1cc(NC(=O)NCC(O)c2ccco2)cn1. The van der Waals surface area contributed by atoms with Crippen molar-refractivity contribution < 1.29 is 14.3 Å². The molecule has 8 nitrogen and oxygen atoms in total. The lowest BCUT2D eigenvalue weighted by atomic mass is 10.3. The molecular weight excluding hydrogens is 286 g/mol. The number of nitrogens with zero attached hydrogens (tertiary/aromatic N) is 3. The third kappa shape index (κ3) is 4.90. The minimum Gasteiger partial charge on any atom is -0.467 e. The second-order valence-electron chi connectivity index (χ2n) is 5.16. The van der Waals surface area contributed by atoms with E-state index in [9.17, 15) is 9.90 Å². The smallest absolute Gasteiger partial charge is 0.319 e. The van der Waals surface area contributed by atoms with Gasteiger partial charge in [-0.2, -0.15) is 5.10 Å². The number of hydrogen-bond donors (Lipinski definition) is 3. The van der Waals surface area contributed by atoms with Crippen molar-refractivity contribution in [3.63, 3.8) is 0 Å². The Kier molecular flexibility index (Phi) is 5.56. The monoisotopic (exact) mass is 307 g/mol. The first-order valence-corrected chi connectivity index (χ1v) is 6.98. The third-order valence-corrected chi connectivity index (χ3v) is 3.00. The highest BCUT2D eigenvalue weighted by molar-refractivity contribution is 5.88. The van der Waals surface area contributed by atoms with Crippen molar-refractivity contribution in [3.05, 3.63) is 36.5 Å². The quantitative estimate of drug-likeness (QED) is 0.706. The summed E-state index contributed by atoms with van der Waals surface area (Å²) in [5, 5.41) is 19.2. The molecule has 0 saturated heterocycles. The van der Waals surface area contributed by atoms with Crippen LogP contribution in [-0.2, 0) is 6.54 Å². The normalized spacial score (nSPS) is 12.4. The molecule has 0 fully saturated rings. The van der Waals surface area contributed by atoms with E-state index in [1.807, 2.05) is 14.1 Å². The number of urea groups is 1. The molecule has 0 radical (unpaired) electrons. The Morgan fingerprint density at radius 2 is 2.36 bits per heavy atom. The molecule has 120 valence electrons. The minimum atomic E-state index is -0.872. The zero-order valence-corrected chi connectivity index (χ0v) is 12.7. The van der Waals surface area contributed by atoms with Gasteiger partial charge in [0.05, 0.1) is 31.2 Å². The Balaban J connectivity index is 1.75. The zero-order valence-electron chi connectivity index (χ0n) is 12.7. The molecule has 1 atom stereocenters. The number of furan rings is 1. The highest BCUT2D eigenvalue weighted by Crippen LogP contribution is 2.11. The zero-order chi connectivity index (χ0) is 15.9. The maximum Gasteiger partial charge on any atom is 0.319 e. The van der Waals surface area contributed by atoms with E-state index in [1.165, 1.54) is 6.26 Å². The van der Waals surface area contributed by atoms with E-state index in [2.05, 4.69) is 20.6 Å².